The number of carbonyl (C=O) groups is 3. The second kappa shape index (κ2) is 9.78. The molecule has 0 atom stereocenters. The minimum atomic E-state index is -0.586. The van der Waals surface area contributed by atoms with E-state index in [4.69, 9.17) is 4.74 Å². The average molecular weight is 370 g/mol. The van der Waals surface area contributed by atoms with E-state index < -0.39 is 11.7 Å². The number of carbonyl (C=O) groups excluding carboxylic acids is 3. The topological polar surface area (TPSA) is 70.2 Å². The van der Waals surface area contributed by atoms with Crippen LogP contribution >= 0.6 is 0 Å². The van der Waals surface area contributed by atoms with Crippen molar-refractivity contribution in [2.24, 2.45) is 5.92 Å². The Morgan fingerprint density at radius 1 is 1.08 bits per heavy atom. The van der Waals surface area contributed by atoms with Gasteiger partial charge in [-0.05, 0) is 40.0 Å². The predicted octanol–water partition coefficient (Wildman–Crippen LogP) is 2.35. The van der Waals surface area contributed by atoms with Gasteiger partial charge in [0.25, 0.3) is 0 Å². The Hall–Kier alpha value is -1.79. The van der Waals surface area contributed by atoms with E-state index in [2.05, 4.69) is 6.92 Å². The van der Waals surface area contributed by atoms with E-state index in [-0.39, 0.29) is 24.3 Å². The monoisotopic (exact) mass is 369 g/mol. The van der Waals surface area contributed by atoms with Crippen LogP contribution in [0.15, 0.2) is 0 Å². The van der Waals surface area contributed by atoms with Crippen LogP contribution in [0.4, 0.5) is 4.79 Å². The summed E-state index contributed by atoms with van der Waals surface area (Å²) >= 11 is 0. The Kier molecular flexibility index (Phi) is 8.37. The third kappa shape index (κ3) is 7.22. The maximum absolute atomic E-state index is 12.4. The summed E-state index contributed by atoms with van der Waals surface area (Å²) in [4.78, 5) is 41.6. The minimum Gasteiger partial charge on any atom is -0.444 e. The van der Waals surface area contributed by atoms with Crippen LogP contribution < -0.4 is 0 Å². The van der Waals surface area contributed by atoms with Gasteiger partial charge in [0, 0.05) is 39.6 Å². The van der Waals surface area contributed by atoms with Gasteiger partial charge in [0.05, 0.1) is 0 Å². The van der Waals surface area contributed by atoms with Crippen LogP contribution in [0.5, 0.6) is 0 Å². The zero-order valence-corrected chi connectivity index (χ0v) is 17.2. The molecule has 0 aromatic carbocycles. The number of hydrogen-bond donors (Lipinski definition) is 0. The minimum absolute atomic E-state index is 0.00973. The number of rotatable bonds is 6. The molecule has 0 aromatic heterocycles. The molecule has 0 saturated carbocycles. The maximum Gasteiger partial charge on any atom is 0.410 e. The van der Waals surface area contributed by atoms with Gasteiger partial charge < -0.3 is 19.4 Å². The first kappa shape index (κ1) is 22.3. The van der Waals surface area contributed by atoms with E-state index in [0.717, 1.165) is 19.4 Å². The lowest BCUT2D eigenvalue weighted by atomic mass is 9.95. The number of piperidine rings is 1. The van der Waals surface area contributed by atoms with Crippen molar-refractivity contribution in [2.75, 3.05) is 40.3 Å². The van der Waals surface area contributed by atoms with Gasteiger partial charge in [0.1, 0.15) is 12.1 Å². The van der Waals surface area contributed by atoms with E-state index in [0.29, 0.717) is 25.9 Å². The van der Waals surface area contributed by atoms with Crippen LogP contribution in [-0.2, 0) is 14.3 Å². The molecule has 1 aliphatic rings. The number of nitrogens with zero attached hydrogens (tertiary/aromatic N) is 3. The SMILES string of the molecule is CCCCN(C)C(=O)C1CCN(C(=O)CN(C)C(=O)OC(C)(C)C)CC1. The number of likely N-dealkylation sites (tertiary alicyclic amines) is 1. The summed E-state index contributed by atoms with van der Waals surface area (Å²) in [5.74, 6) is 0.0597. The highest BCUT2D eigenvalue weighted by Crippen LogP contribution is 2.20. The van der Waals surface area contributed by atoms with Crippen LogP contribution in [0.1, 0.15) is 53.4 Å². The molecule has 1 fully saturated rings. The van der Waals surface area contributed by atoms with Crippen molar-refractivity contribution in [3.05, 3.63) is 0 Å². The van der Waals surface area contributed by atoms with Gasteiger partial charge in [-0.25, -0.2) is 4.79 Å². The van der Waals surface area contributed by atoms with Gasteiger partial charge in [-0.2, -0.15) is 0 Å². The van der Waals surface area contributed by atoms with Crippen LogP contribution in [0, 0.1) is 5.92 Å². The van der Waals surface area contributed by atoms with Crippen molar-refractivity contribution in [3.8, 4) is 0 Å². The van der Waals surface area contributed by atoms with E-state index in [1.165, 1.54) is 4.90 Å². The number of amides is 3. The number of ether oxygens (including phenoxy) is 1. The molecule has 1 aliphatic heterocycles. The molecule has 3 amide bonds. The van der Waals surface area contributed by atoms with E-state index in [9.17, 15) is 14.4 Å². The first-order chi connectivity index (χ1) is 12.0. The first-order valence-corrected chi connectivity index (χ1v) is 9.52. The van der Waals surface area contributed by atoms with Crippen molar-refractivity contribution in [1.29, 1.82) is 0 Å². The number of unbranched alkanes of at least 4 members (excludes halogenated alkanes) is 1. The second-order valence-electron chi connectivity index (χ2n) is 8.10. The molecule has 7 heteroatoms. The Balaban J connectivity index is 2.43. The van der Waals surface area contributed by atoms with E-state index >= 15 is 0 Å². The first-order valence-electron chi connectivity index (χ1n) is 9.52. The Labute approximate surface area is 157 Å². The van der Waals surface area contributed by atoms with E-state index in [1.807, 2.05) is 11.9 Å². The zero-order valence-electron chi connectivity index (χ0n) is 17.2. The molecule has 0 unspecified atom stereocenters. The molecule has 1 saturated heterocycles. The van der Waals surface area contributed by atoms with Crippen LogP contribution in [0.2, 0.25) is 0 Å². The fourth-order valence-electron chi connectivity index (χ4n) is 2.90. The van der Waals surface area contributed by atoms with Gasteiger partial charge in [-0.3, -0.25) is 9.59 Å². The quantitative estimate of drug-likeness (QED) is 0.721. The summed E-state index contributed by atoms with van der Waals surface area (Å²) in [5.41, 5.74) is -0.586. The summed E-state index contributed by atoms with van der Waals surface area (Å²) in [6.45, 7) is 9.37. The third-order valence-corrected chi connectivity index (χ3v) is 4.50. The van der Waals surface area contributed by atoms with Crippen LogP contribution in [0.3, 0.4) is 0 Å². The summed E-state index contributed by atoms with van der Waals surface area (Å²) in [6.07, 6.45) is 2.93. The highest BCUT2D eigenvalue weighted by Gasteiger charge is 2.30. The predicted molar refractivity (Wildman–Crippen MR) is 101 cm³/mol. The summed E-state index contributed by atoms with van der Waals surface area (Å²) in [7, 11) is 3.41. The summed E-state index contributed by atoms with van der Waals surface area (Å²) in [6, 6.07) is 0. The largest absolute Gasteiger partial charge is 0.444 e. The Morgan fingerprint density at radius 2 is 1.65 bits per heavy atom. The lowest BCUT2D eigenvalue weighted by molar-refractivity contribution is -0.140. The van der Waals surface area contributed by atoms with Crippen molar-refractivity contribution >= 4 is 17.9 Å². The summed E-state index contributed by atoms with van der Waals surface area (Å²) < 4.78 is 5.26. The molecule has 0 bridgehead atoms. The molecule has 0 spiro atoms. The highest BCUT2D eigenvalue weighted by atomic mass is 16.6. The van der Waals surface area contributed by atoms with Crippen LogP contribution in [0.25, 0.3) is 0 Å². The van der Waals surface area contributed by atoms with Gasteiger partial charge in [-0.15, -0.1) is 0 Å². The Bertz CT molecular complexity index is 494. The van der Waals surface area contributed by atoms with E-state index in [1.54, 1.807) is 32.7 Å². The van der Waals surface area contributed by atoms with Gasteiger partial charge >= 0.3 is 6.09 Å². The van der Waals surface area contributed by atoms with Crippen molar-refractivity contribution in [1.82, 2.24) is 14.7 Å². The van der Waals surface area contributed by atoms with Gasteiger partial charge in [0.15, 0.2) is 0 Å². The maximum atomic E-state index is 12.4. The molecule has 1 heterocycles. The van der Waals surface area contributed by atoms with Gasteiger partial charge in [0.2, 0.25) is 11.8 Å². The molecule has 150 valence electrons. The molecule has 0 aliphatic carbocycles. The molecule has 0 radical (unpaired) electrons. The molecule has 7 nitrogen and oxygen atoms in total. The fourth-order valence-corrected chi connectivity index (χ4v) is 2.90. The van der Waals surface area contributed by atoms with Gasteiger partial charge in [-0.1, -0.05) is 13.3 Å². The Morgan fingerprint density at radius 3 is 2.15 bits per heavy atom. The molecular formula is C19H35N3O4. The zero-order chi connectivity index (χ0) is 19.9. The molecule has 0 aromatic rings. The van der Waals surface area contributed by atoms with Crippen molar-refractivity contribution in [3.63, 3.8) is 0 Å². The lowest BCUT2D eigenvalue weighted by Crippen LogP contribution is -2.47. The van der Waals surface area contributed by atoms with Crippen molar-refractivity contribution < 1.29 is 19.1 Å². The van der Waals surface area contributed by atoms with Crippen molar-refractivity contribution in [2.45, 2.75) is 59.0 Å². The number of likely N-dealkylation sites (N-methyl/N-ethyl adjacent to an activating group) is 1. The van der Waals surface area contributed by atoms with Crippen LogP contribution in [-0.4, -0.2) is 78.5 Å². The fraction of sp³-hybridized carbons (Fsp3) is 0.842. The normalized spacial score (nSPS) is 15.5. The standard InChI is InChI=1S/C19H35N3O4/c1-7-8-11-20(5)17(24)15-9-12-22(13-10-15)16(23)14-21(6)18(25)26-19(2,3)4/h15H,7-14H2,1-6H3. The average Bonchev–Trinajstić information content (AvgIpc) is 2.57. The highest BCUT2D eigenvalue weighted by molar-refractivity contribution is 5.83. The smallest absolute Gasteiger partial charge is 0.410 e. The second-order valence-corrected chi connectivity index (χ2v) is 8.10. The number of hydrogen-bond acceptors (Lipinski definition) is 4. The molecule has 26 heavy (non-hydrogen) atoms. The molecule has 0 N–H and O–H groups in total. The molecular weight excluding hydrogens is 334 g/mol. The third-order valence-electron chi connectivity index (χ3n) is 4.50. The lowest BCUT2D eigenvalue weighted by Gasteiger charge is -2.34. The molecule has 1 rings (SSSR count). The summed E-state index contributed by atoms with van der Waals surface area (Å²) in [5, 5.41) is 0.